The van der Waals surface area contributed by atoms with Crippen molar-refractivity contribution in [3.05, 3.63) is 16.1 Å². The summed E-state index contributed by atoms with van der Waals surface area (Å²) < 4.78 is 5.62. The van der Waals surface area contributed by atoms with Gasteiger partial charge >= 0.3 is 0 Å². The summed E-state index contributed by atoms with van der Waals surface area (Å²) in [6.07, 6.45) is 0. The first-order valence-electron chi connectivity index (χ1n) is 7.36. The van der Waals surface area contributed by atoms with Crippen LogP contribution >= 0.6 is 11.3 Å². The molecular formula is C14H22N4O2S. The number of nitrogens with zero attached hydrogens (tertiary/aromatic N) is 3. The molecule has 0 bridgehead atoms. The molecule has 2 atom stereocenters. The summed E-state index contributed by atoms with van der Waals surface area (Å²) >= 11 is 1.39. The standard InChI is InChI=1S/C14H22N4O2S/c1-10-13(21-9-15-10)14(19)16-11-7-20-8-12(11)18-5-3-17(2)4-6-18/h9,11-12H,3-8H2,1-2H3,(H,16,19)/t11-,12-/m0/s1. The zero-order valence-electron chi connectivity index (χ0n) is 12.5. The van der Waals surface area contributed by atoms with E-state index in [2.05, 4.69) is 27.1 Å². The predicted molar refractivity (Wildman–Crippen MR) is 81.8 cm³/mol. The number of amides is 1. The molecule has 7 heteroatoms. The zero-order valence-corrected chi connectivity index (χ0v) is 13.4. The lowest BCUT2D eigenvalue weighted by Gasteiger charge is -2.38. The van der Waals surface area contributed by atoms with Crippen molar-refractivity contribution < 1.29 is 9.53 Å². The minimum atomic E-state index is -0.0235. The quantitative estimate of drug-likeness (QED) is 0.864. The smallest absolute Gasteiger partial charge is 0.263 e. The third-order valence-electron chi connectivity index (χ3n) is 4.33. The Kier molecular flexibility index (Phi) is 4.54. The highest BCUT2D eigenvalue weighted by Crippen LogP contribution is 2.18. The van der Waals surface area contributed by atoms with Crippen LogP contribution in [0.5, 0.6) is 0 Å². The lowest BCUT2D eigenvalue weighted by atomic mass is 10.1. The number of aryl methyl sites for hydroxylation is 1. The van der Waals surface area contributed by atoms with Gasteiger partial charge in [0.05, 0.1) is 36.5 Å². The van der Waals surface area contributed by atoms with Crippen molar-refractivity contribution >= 4 is 17.2 Å². The van der Waals surface area contributed by atoms with Crippen molar-refractivity contribution in [2.75, 3.05) is 46.4 Å². The summed E-state index contributed by atoms with van der Waals surface area (Å²) in [5, 5.41) is 3.13. The first kappa shape index (κ1) is 14.9. The molecule has 0 aliphatic carbocycles. The van der Waals surface area contributed by atoms with Gasteiger partial charge in [-0.3, -0.25) is 9.69 Å². The maximum absolute atomic E-state index is 12.3. The van der Waals surface area contributed by atoms with Crippen LogP contribution in [0.2, 0.25) is 0 Å². The number of hydrogen-bond donors (Lipinski definition) is 1. The highest BCUT2D eigenvalue weighted by molar-refractivity contribution is 7.11. The van der Waals surface area contributed by atoms with E-state index >= 15 is 0 Å². The van der Waals surface area contributed by atoms with E-state index in [-0.39, 0.29) is 18.0 Å². The zero-order chi connectivity index (χ0) is 14.8. The Morgan fingerprint density at radius 1 is 1.38 bits per heavy atom. The second-order valence-electron chi connectivity index (χ2n) is 5.79. The molecule has 1 N–H and O–H groups in total. The van der Waals surface area contributed by atoms with E-state index in [1.54, 1.807) is 5.51 Å². The van der Waals surface area contributed by atoms with Gasteiger partial charge in [0.15, 0.2) is 0 Å². The number of aromatic nitrogens is 1. The van der Waals surface area contributed by atoms with Gasteiger partial charge in [-0.05, 0) is 14.0 Å². The number of nitrogens with one attached hydrogen (secondary N) is 1. The van der Waals surface area contributed by atoms with E-state index in [4.69, 9.17) is 4.74 Å². The van der Waals surface area contributed by atoms with E-state index in [9.17, 15) is 4.79 Å². The molecule has 1 amide bonds. The van der Waals surface area contributed by atoms with Crippen LogP contribution < -0.4 is 5.32 Å². The molecule has 1 aromatic heterocycles. The fourth-order valence-corrected chi connectivity index (χ4v) is 3.65. The van der Waals surface area contributed by atoms with Crippen LogP contribution in [0.15, 0.2) is 5.51 Å². The summed E-state index contributed by atoms with van der Waals surface area (Å²) in [6, 6.07) is 0.360. The number of piperazine rings is 1. The Balaban J connectivity index is 1.62. The van der Waals surface area contributed by atoms with Crippen molar-refractivity contribution in [3.63, 3.8) is 0 Å². The van der Waals surface area contributed by atoms with E-state index in [0.717, 1.165) is 31.9 Å². The van der Waals surface area contributed by atoms with E-state index < -0.39 is 0 Å². The fourth-order valence-electron chi connectivity index (χ4n) is 2.95. The molecule has 1 aromatic rings. The third kappa shape index (κ3) is 3.26. The molecule has 3 heterocycles. The number of thiazole rings is 1. The van der Waals surface area contributed by atoms with Crippen LogP contribution in [-0.4, -0.2) is 79.2 Å². The minimum absolute atomic E-state index is 0.0235. The average Bonchev–Trinajstić information content (AvgIpc) is 3.09. The summed E-state index contributed by atoms with van der Waals surface area (Å²) in [6.45, 7) is 7.40. The lowest BCUT2D eigenvalue weighted by Crippen LogP contribution is -2.56. The molecule has 2 aliphatic rings. The van der Waals surface area contributed by atoms with Crippen molar-refractivity contribution in [2.24, 2.45) is 0 Å². The number of ether oxygens (including phenoxy) is 1. The molecule has 0 radical (unpaired) electrons. The summed E-state index contributed by atoms with van der Waals surface area (Å²) in [5.41, 5.74) is 2.51. The molecule has 2 aliphatic heterocycles. The fraction of sp³-hybridized carbons (Fsp3) is 0.714. The monoisotopic (exact) mass is 310 g/mol. The molecule has 0 aromatic carbocycles. The van der Waals surface area contributed by atoms with Crippen molar-refractivity contribution in [1.82, 2.24) is 20.1 Å². The summed E-state index contributed by atoms with van der Waals surface area (Å²) in [7, 11) is 2.15. The maximum Gasteiger partial charge on any atom is 0.263 e. The van der Waals surface area contributed by atoms with Crippen molar-refractivity contribution in [2.45, 2.75) is 19.0 Å². The Hall–Kier alpha value is -1.02. The topological polar surface area (TPSA) is 57.7 Å². The van der Waals surface area contributed by atoms with Crippen LogP contribution in [0.3, 0.4) is 0 Å². The first-order valence-corrected chi connectivity index (χ1v) is 8.24. The van der Waals surface area contributed by atoms with Crippen LogP contribution in [0.25, 0.3) is 0 Å². The average molecular weight is 310 g/mol. The van der Waals surface area contributed by atoms with Gasteiger partial charge in [-0.1, -0.05) is 0 Å². The Morgan fingerprint density at radius 2 is 2.14 bits per heavy atom. The number of hydrogen-bond acceptors (Lipinski definition) is 6. The number of carbonyl (C=O) groups excluding carboxylic acids is 1. The van der Waals surface area contributed by atoms with Gasteiger partial charge in [-0.25, -0.2) is 4.98 Å². The van der Waals surface area contributed by atoms with E-state index in [1.807, 2.05) is 6.92 Å². The maximum atomic E-state index is 12.3. The number of rotatable bonds is 3. The summed E-state index contributed by atoms with van der Waals surface area (Å²) in [5.74, 6) is -0.0235. The van der Waals surface area contributed by atoms with Gasteiger partial charge in [-0.2, -0.15) is 0 Å². The molecule has 6 nitrogen and oxygen atoms in total. The molecule has 3 rings (SSSR count). The van der Waals surface area contributed by atoms with Crippen molar-refractivity contribution in [1.29, 1.82) is 0 Å². The lowest BCUT2D eigenvalue weighted by molar-refractivity contribution is 0.0831. The SMILES string of the molecule is Cc1ncsc1C(=O)N[C@H]1COC[C@@H]1N1CCN(C)CC1. The second-order valence-corrected chi connectivity index (χ2v) is 6.65. The Bertz CT molecular complexity index is 499. The molecule has 0 saturated carbocycles. The second kappa shape index (κ2) is 6.39. The van der Waals surface area contributed by atoms with Crippen LogP contribution in [0, 0.1) is 6.92 Å². The highest BCUT2D eigenvalue weighted by Gasteiger charge is 2.35. The molecule has 116 valence electrons. The number of carbonyl (C=O) groups is 1. The molecule has 0 spiro atoms. The molecule has 2 fully saturated rings. The highest BCUT2D eigenvalue weighted by atomic mass is 32.1. The van der Waals surface area contributed by atoms with Crippen LogP contribution in [-0.2, 0) is 4.74 Å². The summed E-state index contributed by atoms with van der Waals surface area (Å²) in [4.78, 5) is 22.0. The van der Waals surface area contributed by atoms with Gasteiger partial charge in [0.25, 0.3) is 5.91 Å². The van der Waals surface area contributed by atoms with Gasteiger partial charge in [0.1, 0.15) is 4.88 Å². The molecule has 2 saturated heterocycles. The minimum Gasteiger partial charge on any atom is -0.378 e. The predicted octanol–water partition coefficient (Wildman–Crippen LogP) is 0.196. The Labute approximate surface area is 129 Å². The van der Waals surface area contributed by atoms with Gasteiger partial charge < -0.3 is 15.0 Å². The van der Waals surface area contributed by atoms with E-state index in [1.165, 1.54) is 11.3 Å². The molecule has 0 unspecified atom stereocenters. The number of likely N-dealkylation sites (N-methyl/N-ethyl adjacent to an activating group) is 1. The van der Waals surface area contributed by atoms with E-state index in [0.29, 0.717) is 18.1 Å². The third-order valence-corrected chi connectivity index (χ3v) is 5.25. The van der Waals surface area contributed by atoms with Crippen LogP contribution in [0.4, 0.5) is 0 Å². The largest absolute Gasteiger partial charge is 0.378 e. The molecular weight excluding hydrogens is 288 g/mol. The Morgan fingerprint density at radius 3 is 2.81 bits per heavy atom. The molecule has 21 heavy (non-hydrogen) atoms. The van der Waals surface area contributed by atoms with Gasteiger partial charge in [-0.15, -0.1) is 11.3 Å². The van der Waals surface area contributed by atoms with Crippen molar-refractivity contribution in [3.8, 4) is 0 Å². The first-order chi connectivity index (χ1) is 10.1. The van der Waals surface area contributed by atoms with Crippen LogP contribution in [0.1, 0.15) is 15.4 Å². The van der Waals surface area contributed by atoms with Gasteiger partial charge in [0.2, 0.25) is 0 Å². The van der Waals surface area contributed by atoms with Gasteiger partial charge in [0, 0.05) is 26.2 Å². The normalized spacial score (nSPS) is 27.9.